The number of hydrogen-bond acceptors (Lipinski definition) is 4. The number of fused-ring (bicyclic) bond motifs is 1. The summed E-state index contributed by atoms with van der Waals surface area (Å²) >= 11 is 0. The third-order valence-electron chi connectivity index (χ3n) is 3.91. The summed E-state index contributed by atoms with van der Waals surface area (Å²) in [5.41, 5.74) is -0.0828. The van der Waals surface area contributed by atoms with Crippen LogP contribution in [0.1, 0.15) is 17.2 Å². The van der Waals surface area contributed by atoms with Crippen molar-refractivity contribution in [1.82, 2.24) is 10.2 Å². The van der Waals surface area contributed by atoms with Crippen molar-refractivity contribution in [1.29, 1.82) is 5.26 Å². The molecule has 2 heterocycles. The van der Waals surface area contributed by atoms with Crippen molar-refractivity contribution in [3.8, 4) is 6.07 Å². The van der Waals surface area contributed by atoms with Gasteiger partial charge < -0.3 is 10.1 Å². The molecule has 1 aromatic carbocycles. The third kappa shape index (κ3) is 2.40. The van der Waals surface area contributed by atoms with Crippen molar-refractivity contribution in [3.63, 3.8) is 0 Å². The minimum atomic E-state index is -0.825. The first-order valence-corrected chi connectivity index (χ1v) is 6.64. The van der Waals surface area contributed by atoms with Gasteiger partial charge in [-0.05, 0) is 17.7 Å². The molecule has 0 saturated carbocycles. The Morgan fingerprint density at radius 1 is 1.35 bits per heavy atom. The number of morpholine rings is 1. The Labute approximate surface area is 115 Å². The van der Waals surface area contributed by atoms with Crippen molar-refractivity contribution in [2.75, 3.05) is 32.8 Å². The van der Waals surface area contributed by atoms with E-state index < -0.39 is 17.2 Å². The Kier molecular flexibility index (Phi) is 3.66. The highest BCUT2D eigenvalue weighted by atomic mass is 19.1. The van der Waals surface area contributed by atoms with Crippen LogP contribution in [0.15, 0.2) is 12.1 Å². The van der Waals surface area contributed by atoms with Crippen LogP contribution in [0.3, 0.4) is 0 Å². The number of ether oxygens (including phenoxy) is 1. The topological polar surface area (TPSA) is 48.3 Å². The van der Waals surface area contributed by atoms with Gasteiger partial charge in [-0.3, -0.25) is 4.90 Å². The first-order chi connectivity index (χ1) is 9.69. The van der Waals surface area contributed by atoms with E-state index in [9.17, 15) is 8.78 Å². The molecule has 2 saturated heterocycles. The van der Waals surface area contributed by atoms with Gasteiger partial charge in [-0.25, -0.2) is 8.78 Å². The number of piperazine rings is 1. The van der Waals surface area contributed by atoms with E-state index in [-0.39, 0.29) is 6.10 Å². The quantitative estimate of drug-likeness (QED) is 0.838. The van der Waals surface area contributed by atoms with Gasteiger partial charge in [0.15, 0.2) is 0 Å². The Bertz CT molecular complexity index is 535. The number of nitrogens with one attached hydrogen (secondary N) is 1. The van der Waals surface area contributed by atoms with Gasteiger partial charge in [-0.2, -0.15) is 5.26 Å². The molecule has 0 bridgehead atoms. The average Bonchev–Trinajstić information content (AvgIpc) is 2.46. The monoisotopic (exact) mass is 279 g/mol. The molecule has 2 unspecified atom stereocenters. The van der Waals surface area contributed by atoms with Crippen molar-refractivity contribution >= 4 is 0 Å². The number of hydrogen-bond donors (Lipinski definition) is 1. The van der Waals surface area contributed by atoms with Crippen LogP contribution in [0.4, 0.5) is 8.78 Å². The molecule has 0 aromatic heterocycles. The Hall–Kier alpha value is -1.55. The SMILES string of the molecule is N#Cc1c(F)cc(C2CN3CCNCC3CO2)cc1F. The maximum absolute atomic E-state index is 13.7. The Morgan fingerprint density at radius 2 is 2.10 bits per heavy atom. The van der Waals surface area contributed by atoms with Crippen molar-refractivity contribution in [3.05, 3.63) is 34.9 Å². The van der Waals surface area contributed by atoms with Gasteiger partial charge in [0.25, 0.3) is 0 Å². The van der Waals surface area contributed by atoms with Crippen LogP contribution in [-0.2, 0) is 4.74 Å². The lowest BCUT2D eigenvalue weighted by atomic mass is 10.0. The Morgan fingerprint density at radius 3 is 2.80 bits per heavy atom. The van der Waals surface area contributed by atoms with Crippen LogP contribution in [0.5, 0.6) is 0 Å². The van der Waals surface area contributed by atoms with Crippen LogP contribution < -0.4 is 5.32 Å². The van der Waals surface area contributed by atoms with E-state index in [2.05, 4.69) is 10.2 Å². The first-order valence-electron chi connectivity index (χ1n) is 6.64. The molecular formula is C14H15F2N3O. The van der Waals surface area contributed by atoms with E-state index in [0.29, 0.717) is 24.8 Å². The van der Waals surface area contributed by atoms with Crippen LogP contribution in [0, 0.1) is 23.0 Å². The minimum absolute atomic E-state index is 0.327. The lowest BCUT2D eigenvalue weighted by Crippen LogP contribution is -2.57. The number of nitrogens with zero attached hydrogens (tertiary/aromatic N) is 2. The molecule has 0 radical (unpaired) electrons. The second-order valence-electron chi connectivity index (χ2n) is 5.15. The first kappa shape index (κ1) is 13.4. The second kappa shape index (κ2) is 5.44. The molecule has 2 aliphatic rings. The van der Waals surface area contributed by atoms with E-state index in [4.69, 9.17) is 10.00 Å². The van der Waals surface area contributed by atoms with Crippen LogP contribution in [0.25, 0.3) is 0 Å². The molecule has 6 heteroatoms. The lowest BCUT2D eigenvalue weighted by Gasteiger charge is -2.42. The molecular weight excluding hydrogens is 264 g/mol. The molecule has 4 nitrogen and oxygen atoms in total. The molecule has 2 aliphatic heterocycles. The Balaban J connectivity index is 1.82. The molecule has 1 aromatic rings. The van der Waals surface area contributed by atoms with Gasteiger partial charge >= 0.3 is 0 Å². The summed E-state index contributed by atoms with van der Waals surface area (Å²) in [6.45, 7) is 3.87. The van der Waals surface area contributed by atoms with Crippen LogP contribution in [-0.4, -0.2) is 43.7 Å². The van der Waals surface area contributed by atoms with E-state index in [0.717, 1.165) is 19.6 Å². The summed E-state index contributed by atoms with van der Waals surface area (Å²) in [5.74, 6) is -1.65. The molecule has 106 valence electrons. The summed E-state index contributed by atoms with van der Waals surface area (Å²) < 4.78 is 33.0. The summed E-state index contributed by atoms with van der Waals surface area (Å²) in [6, 6.07) is 4.26. The standard InChI is InChI=1S/C14H15F2N3O/c15-12-3-9(4-13(16)11(12)5-17)14-7-19-2-1-18-6-10(19)8-20-14/h3-4,10,14,18H,1-2,6-8H2. The highest BCUT2D eigenvalue weighted by Gasteiger charge is 2.32. The van der Waals surface area contributed by atoms with Crippen molar-refractivity contribution < 1.29 is 13.5 Å². The third-order valence-corrected chi connectivity index (χ3v) is 3.91. The second-order valence-corrected chi connectivity index (χ2v) is 5.15. The van der Waals surface area contributed by atoms with Gasteiger partial charge in [-0.1, -0.05) is 0 Å². The average molecular weight is 279 g/mol. The van der Waals surface area contributed by atoms with Gasteiger partial charge in [0, 0.05) is 32.2 Å². The van der Waals surface area contributed by atoms with E-state index in [1.165, 1.54) is 18.2 Å². The van der Waals surface area contributed by atoms with Crippen molar-refractivity contribution in [2.24, 2.45) is 0 Å². The normalized spacial score (nSPS) is 26.9. The van der Waals surface area contributed by atoms with Gasteiger partial charge in [0.1, 0.15) is 23.3 Å². The predicted molar refractivity (Wildman–Crippen MR) is 68.0 cm³/mol. The molecule has 0 aliphatic carbocycles. The molecule has 3 rings (SSSR count). The summed E-state index contributed by atoms with van der Waals surface area (Å²) in [6.07, 6.45) is -0.346. The molecule has 1 N–H and O–H groups in total. The highest BCUT2D eigenvalue weighted by Crippen LogP contribution is 2.27. The zero-order valence-electron chi connectivity index (χ0n) is 10.9. The smallest absolute Gasteiger partial charge is 0.144 e. The predicted octanol–water partition coefficient (Wildman–Crippen LogP) is 1.18. The van der Waals surface area contributed by atoms with Gasteiger partial charge in [0.2, 0.25) is 0 Å². The number of benzene rings is 1. The zero-order valence-corrected chi connectivity index (χ0v) is 10.9. The number of halogens is 2. The lowest BCUT2D eigenvalue weighted by molar-refractivity contribution is -0.0719. The highest BCUT2D eigenvalue weighted by molar-refractivity contribution is 5.36. The van der Waals surface area contributed by atoms with Gasteiger partial charge in [0.05, 0.1) is 12.7 Å². The van der Waals surface area contributed by atoms with Crippen molar-refractivity contribution in [2.45, 2.75) is 12.1 Å². The number of nitriles is 1. The van der Waals surface area contributed by atoms with Crippen LogP contribution >= 0.6 is 0 Å². The zero-order chi connectivity index (χ0) is 14.1. The van der Waals surface area contributed by atoms with Gasteiger partial charge in [-0.15, -0.1) is 0 Å². The fourth-order valence-electron chi connectivity index (χ4n) is 2.79. The maximum Gasteiger partial charge on any atom is 0.144 e. The van der Waals surface area contributed by atoms with E-state index in [1.807, 2.05) is 0 Å². The molecule has 20 heavy (non-hydrogen) atoms. The number of rotatable bonds is 1. The summed E-state index contributed by atoms with van der Waals surface area (Å²) in [7, 11) is 0. The van der Waals surface area contributed by atoms with Crippen LogP contribution in [0.2, 0.25) is 0 Å². The summed E-state index contributed by atoms with van der Waals surface area (Å²) in [4.78, 5) is 2.28. The molecule has 2 fully saturated rings. The van der Waals surface area contributed by atoms with E-state index >= 15 is 0 Å². The maximum atomic E-state index is 13.7. The summed E-state index contributed by atoms with van der Waals surface area (Å²) in [5, 5.41) is 12.0. The molecule has 2 atom stereocenters. The fourth-order valence-corrected chi connectivity index (χ4v) is 2.79. The molecule has 0 spiro atoms. The fraction of sp³-hybridized carbons (Fsp3) is 0.500. The molecule has 0 amide bonds. The van der Waals surface area contributed by atoms with E-state index in [1.54, 1.807) is 0 Å². The minimum Gasteiger partial charge on any atom is -0.371 e. The largest absolute Gasteiger partial charge is 0.371 e.